The van der Waals surface area contributed by atoms with Crippen LogP contribution in [0.25, 0.3) is 15.9 Å². The quantitative estimate of drug-likeness (QED) is 0.663. The summed E-state index contributed by atoms with van der Waals surface area (Å²) in [5, 5.41) is 4.76. The number of nitrogens with one attached hydrogen (secondary N) is 1. The van der Waals surface area contributed by atoms with Gasteiger partial charge in [0.1, 0.15) is 4.83 Å². The first kappa shape index (κ1) is 19.4. The van der Waals surface area contributed by atoms with Crippen molar-refractivity contribution in [2.24, 2.45) is 5.92 Å². The largest absolute Gasteiger partial charge is 0.355 e. The highest BCUT2D eigenvalue weighted by Gasteiger charge is 2.24. The number of nitrogens with zero attached hydrogens (tertiary/aromatic N) is 3. The number of hydrogen-bond acceptors (Lipinski definition) is 5. The fourth-order valence-corrected chi connectivity index (χ4v) is 5.09. The summed E-state index contributed by atoms with van der Waals surface area (Å²) >= 11 is 7.86. The lowest BCUT2D eigenvalue weighted by Gasteiger charge is -2.22. The standard InChI is InChI=1S/C21H25ClN4OS/c1-13(2)7-9-23-21-24-19-18(16-8-10-25(3)12-17(16)28-19)20(27)26(21)15-6-4-5-14(22)11-15/h4-6,11,13H,7-10,12H2,1-3H3,(H,23,24). The Balaban J connectivity index is 1.90. The van der Waals surface area contributed by atoms with E-state index in [9.17, 15) is 4.79 Å². The summed E-state index contributed by atoms with van der Waals surface area (Å²) in [5.41, 5.74) is 1.90. The summed E-state index contributed by atoms with van der Waals surface area (Å²) < 4.78 is 1.68. The third kappa shape index (κ3) is 3.69. The van der Waals surface area contributed by atoms with Gasteiger partial charge in [0.25, 0.3) is 5.56 Å². The maximum Gasteiger partial charge on any atom is 0.268 e. The number of benzene rings is 1. The van der Waals surface area contributed by atoms with Crippen LogP contribution in [0, 0.1) is 5.92 Å². The van der Waals surface area contributed by atoms with E-state index in [1.807, 2.05) is 24.3 Å². The Labute approximate surface area is 174 Å². The van der Waals surface area contributed by atoms with E-state index in [0.717, 1.165) is 48.4 Å². The molecule has 28 heavy (non-hydrogen) atoms. The summed E-state index contributed by atoms with van der Waals surface area (Å²) in [6.07, 6.45) is 1.90. The third-order valence-electron chi connectivity index (χ3n) is 5.14. The molecule has 0 saturated carbocycles. The molecule has 0 spiro atoms. The Morgan fingerprint density at radius 1 is 1.36 bits per heavy atom. The normalized spacial score (nSPS) is 14.6. The molecule has 0 fully saturated rings. The van der Waals surface area contributed by atoms with Crippen LogP contribution in [0.1, 0.15) is 30.7 Å². The van der Waals surface area contributed by atoms with Crippen LogP contribution in [0.4, 0.5) is 5.95 Å². The van der Waals surface area contributed by atoms with Gasteiger partial charge in [0, 0.05) is 29.5 Å². The van der Waals surface area contributed by atoms with Gasteiger partial charge in [-0.15, -0.1) is 11.3 Å². The molecule has 148 valence electrons. The molecule has 7 heteroatoms. The Bertz CT molecular complexity index is 1070. The van der Waals surface area contributed by atoms with E-state index in [1.54, 1.807) is 15.9 Å². The highest BCUT2D eigenvalue weighted by Crippen LogP contribution is 2.33. The molecule has 0 atom stereocenters. The van der Waals surface area contributed by atoms with Crippen LogP contribution in [-0.2, 0) is 13.0 Å². The van der Waals surface area contributed by atoms with E-state index in [-0.39, 0.29) is 5.56 Å². The molecule has 3 heterocycles. The second-order valence-corrected chi connectivity index (χ2v) is 9.36. The predicted octanol–water partition coefficient (Wildman–Crippen LogP) is 4.55. The molecular weight excluding hydrogens is 392 g/mol. The summed E-state index contributed by atoms with van der Waals surface area (Å²) in [5.74, 6) is 1.17. The Hall–Kier alpha value is -1.89. The van der Waals surface area contributed by atoms with Crippen LogP contribution in [0.15, 0.2) is 29.1 Å². The van der Waals surface area contributed by atoms with Crippen molar-refractivity contribution in [2.75, 3.05) is 25.5 Å². The lowest BCUT2D eigenvalue weighted by Crippen LogP contribution is -2.27. The first-order valence-electron chi connectivity index (χ1n) is 9.69. The fraction of sp³-hybridized carbons (Fsp3) is 0.429. The van der Waals surface area contributed by atoms with Gasteiger partial charge in [-0.1, -0.05) is 31.5 Å². The van der Waals surface area contributed by atoms with Crippen LogP contribution in [-0.4, -0.2) is 34.6 Å². The van der Waals surface area contributed by atoms with Crippen LogP contribution in [0.2, 0.25) is 5.02 Å². The first-order chi connectivity index (χ1) is 13.4. The number of anilines is 1. The summed E-state index contributed by atoms with van der Waals surface area (Å²) in [4.78, 5) is 22.9. The Morgan fingerprint density at radius 2 is 2.18 bits per heavy atom. The molecule has 0 unspecified atom stereocenters. The average Bonchev–Trinajstić information content (AvgIpc) is 2.99. The molecule has 0 amide bonds. The van der Waals surface area contributed by atoms with Gasteiger partial charge in [0.15, 0.2) is 0 Å². The van der Waals surface area contributed by atoms with E-state index in [2.05, 4.69) is 31.1 Å². The van der Waals surface area contributed by atoms with Crippen LogP contribution in [0.5, 0.6) is 0 Å². The minimum atomic E-state index is -0.0126. The van der Waals surface area contributed by atoms with Gasteiger partial charge in [0.2, 0.25) is 5.95 Å². The van der Waals surface area contributed by atoms with Crippen LogP contribution < -0.4 is 10.9 Å². The molecule has 5 nitrogen and oxygen atoms in total. The van der Waals surface area contributed by atoms with Gasteiger partial charge < -0.3 is 10.2 Å². The Morgan fingerprint density at radius 3 is 2.93 bits per heavy atom. The fourth-order valence-electron chi connectivity index (χ4n) is 3.62. The molecule has 4 rings (SSSR count). The molecule has 0 bridgehead atoms. The summed E-state index contributed by atoms with van der Waals surface area (Å²) in [6, 6.07) is 7.40. The summed E-state index contributed by atoms with van der Waals surface area (Å²) in [7, 11) is 2.11. The number of hydrogen-bond donors (Lipinski definition) is 1. The van der Waals surface area contributed by atoms with Crippen molar-refractivity contribution in [3.8, 4) is 5.69 Å². The van der Waals surface area contributed by atoms with Crippen molar-refractivity contribution in [3.05, 3.63) is 50.1 Å². The molecule has 3 aromatic rings. The van der Waals surface area contributed by atoms with Crippen molar-refractivity contribution in [3.63, 3.8) is 0 Å². The molecule has 2 aromatic heterocycles. The number of halogens is 1. The number of aromatic nitrogens is 2. The van der Waals surface area contributed by atoms with Crippen molar-refractivity contribution >= 4 is 39.1 Å². The van der Waals surface area contributed by atoms with E-state index in [1.165, 1.54) is 10.4 Å². The third-order valence-corrected chi connectivity index (χ3v) is 6.48. The number of likely N-dealkylation sites (N-methyl/N-ethyl adjacent to an activating group) is 1. The van der Waals surface area contributed by atoms with Gasteiger partial charge in [0.05, 0.1) is 11.1 Å². The van der Waals surface area contributed by atoms with Gasteiger partial charge in [-0.05, 0) is 49.6 Å². The number of rotatable bonds is 5. The zero-order chi connectivity index (χ0) is 19.8. The predicted molar refractivity (Wildman–Crippen MR) is 118 cm³/mol. The zero-order valence-electron chi connectivity index (χ0n) is 16.5. The molecule has 0 radical (unpaired) electrons. The lowest BCUT2D eigenvalue weighted by molar-refractivity contribution is 0.318. The molecule has 1 aromatic carbocycles. The number of fused-ring (bicyclic) bond motifs is 3. The maximum atomic E-state index is 13.6. The van der Waals surface area contributed by atoms with E-state index in [4.69, 9.17) is 16.6 Å². The first-order valence-corrected chi connectivity index (χ1v) is 10.9. The summed E-state index contributed by atoms with van der Waals surface area (Å²) in [6.45, 7) is 6.98. The monoisotopic (exact) mass is 416 g/mol. The van der Waals surface area contributed by atoms with E-state index < -0.39 is 0 Å². The highest BCUT2D eigenvalue weighted by atomic mass is 35.5. The minimum absolute atomic E-state index is 0.0126. The van der Waals surface area contributed by atoms with Crippen molar-refractivity contribution < 1.29 is 0 Å². The second kappa shape index (κ2) is 7.85. The van der Waals surface area contributed by atoms with Gasteiger partial charge in [-0.2, -0.15) is 0 Å². The topological polar surface area (TPSA) is 50.2 Å². The maximum absolute atomic E-state index is 13.6. The highest BCUT2D eigenvalue weighted by molar-refractivity contribution is 7.18. The van der Waals surface area contributed by atoms with Crippen LogP contribution >= 0.6 is 22.9 Å². The van der Waals surface area contributed by atoms with Gasteiger partial charge in [-0.3, -0.25) is 4.79 Å². The van der Waals surface area contributed by atoms with Gasteiger partial charge in [-0.25, -0.2) is 9.55 Å². The van der Waals surface area contributed by atoms with Crippen molar-refractivity contribution in [1.29, 1.82) is 0 Å². The van der Waals surface area contributed by atoms with E-state index in [0.29, 0.717) is 16.9 Å². The minimum Gasteiger partial charge on any atom is -0.355 e. The molecular formula is C21H25ClN4OS. The van der Waals surface area contributed by atoms with Crippen LogP contribution in [0.3, 0.4) is 0 Å². The van der Waals surface area contributed by atoms with Crippen molar-refractivity contribution in [1.82, 2.24) is 14.5 Å². The molecule has 1 N–H and O–H groups in total. The zero-order valence-corrected chi connectivity index (χ0v) is 18.0. The SMILES string of the molecule is CC(C)CCNc1nc2sc3c(c2c(=O)n1-c1cccc(Cl)c1)CCN(C)C3. The molecule has 1 aliphatic heterocycles. The van der Waals surface area contributed by atoms with Crippen molar-refractivity contribution in [2.45, 2.75) is 33.2 Å². The smallest absolute Gasteiger partial charge is 0.268 e. The second-order valence-electron chi connectivity index (χ2n) is 7.84. The average molecular weight is 417 g/mol. The van der Waals surface area contributed by atoms with E-state index >= 15 is 0 Å². The lowest BCUT2D eigenvalue weighted by atomic mass is 10.1. The molecule has 0 saturated heterocycles. The Kier molecular flexibility index (Phi) is 5.45. The van der Waals surface area contributed by atoms with Gasteiger partial charge >= 0.3 is 0 Å². The molecule has 0 aliphatic carbocycles. The number of thiophene rings is 1. The molecule has 1 aliphatic rings.